The van der Waals surface area contributed by atoms with Crippen molar-refractivity contribution < 1.29 is 14.3 Å². The molecule has 0 radical (unpaired) electrons. The summed E-state index contributed by atoms with van der Waals surface area (Å²) in [5.41, 5.74) is -0.422. The van der Waals surface area contributed by atoms with Crippen LogP contribution >= 0.6 is 0 Å². The van der Waals surface area contributed by atoms with Gasteiger partial charge < -0.3 is 19.7 Å². The molecule has 1 aliphatic carbocycles. The second kappa shape index (κ2) is 7.45. The van der Waals surface area contributed by atoms with E-state index < -0.39 is 5.60 Å². The van der Waals surface area contributed by atoms with Crippen LogP contribution in [0.15, 0.2) is 0 Å². The first-order chi connectivity index (χ1) is 9.96. The van der Waals surface area contributed by atoms with Crippen LogP contribution in [0.25, 0.3) is 0 Å². The summed E-state index contributed by atoms with van der Waals surface area (Å²) in [7, 11) is 0. The number of rotatable bonds is 7. The lowest BCUT2D eigenvalue weighted by Crippen LogP contribution is -2.44. The Morgan fingerprint density at radius 1 is 1.29 bits per heavy atom. The number of amides is 1. The van der Waals surface area contributed by atoms with Crippen molar-refractivity contribution in [1.29, 1.82) is 0 Å². The van der Waals surface area contributed by atoms with Crippen LogP contribution in [-0.2, 0) is 9.47 Å². The zero-order valence-electron chi connectivity index (χ0n) is 13.7. The van der Waals surface area contributed by atoms with Crippen LogP contribution in [0.2, 0.25) is 0 Å². The molecule has 1 heterocycles. The van der Waals surface area contributed by atoms with Crippen molar-refractivity contribution in [3.05, 3.63) is 0 Å². The fourth-order valence-electron chi connectivity index (χ4n) is 2.56. The Balaban J connectivity index is 1.60. The van der Waals surface area contributed by atoms with E-state index in [1.54, 1.807) is 0 Å². The number of ether oxygens (including phenoxy) is 2. The van der Waals surface area contributed by atoms with E-state index in [0.717, 1.165) is 51.6 Å². The molecule has 1 amide bonds. The zero-order valence-corrected chi connectivity index (χ0v) is 13.7. The van der Waals surface area contributed by atoms with Crippen molar-refractivity contribution in [1.82, 2.24) is 10.2 Å². The van der Waals surface area contributed by atoms with Crippen LogP contribution < -0.4 is 5.32 Å². The number of nitrogens with one attached hydrogen (secondary N) is 1. The number of likely N-dealkylation sites (tertiary alicyclic amines) is 1. The molecular formula is C16H30N2O3. The summed E-state index contributed by atoms with van der Waals surface area (Å²) in [4.78, 5) is 14.0. The second-order valence-electron chi connectivity index (χ2n) is 7.19. The first kappa shape index (κ1) is 16.6. The number of nitrogens with zero attached hydrogens (tertiary/aromatic N) is 1. The minimum absolute atomic E-state index is 0.184. The van der Waals surface area contributed by atoms with E-state index in [9.17, 15) is 4.79 Å². The molecule has 1 saturated carbocycles. The Labute approximate surface area is 128 Å². The molecular weight excluding hydrogens is 268 g/mol. The summed E-state index contributed by atoms with van der Waals surface area (Å²) in [5, 5.41) is 3.39. The van der Waals surface area contributed by atoms with Crippen molar-refractivity contribution in [2.45, 2.75) is 58.1 Å². The van der Waals surface area contributed by atoms with Gasteiger partial charge >= 0.3 is 6.09 Å². The molecule has 0 spiro atoms. The first-order valence-corrected chi connectivity index (χ1v) is 8.24. The molecule has 1 saturated heterocycles. The highest BCUT2D eigenvalue weighted by Gasteiger charge is 2.31. The Kier molecular flexibility index (Phi) is 5.88. The SMILES string of the molecule is CC(C)(C)OC(=O)N1CCCC1CNCCOCC1CC1. The van der Waals surface area contributed by atoms with Gasteiger partial charge in [0.2, 0.25) is 0 Å². The highest BCUT2D eigenvalue weighted by Crippen LogP contribution is 2.28. The van der Waals surface area contributed by atoms with Gasteiger partial charge in [-0.25, -0.2) is 4.79 Å². The van der Waals surface area contributed by atoms with Gasteiger partial charge in [0, 0.05) is 32.3 Å². The van der Waals surface area contributed by atoms with E-state index in [1.807, 2.05) is 25.7 Å². The third-order valence-corrected chi connectivity index (χ3v) is 3.86. The highest BCUT2D eigenvalue weighted by molar-refractivity contribution is 5.69. The topological polar surface area (TPSA) is 50.8 Å². The van der Waals surface area contributed by atoms with E-state index in [-0.39, 0.29) is 12.1 Å². The van der Waals surface area contributed by atoms with Crippen LogP contribution in [0.5, 0.6) is 0 Å². The maximum absolute atomic E-state index is 12.1. The lowest BCUT2D eigenvalue weighted by atomic mass is 10.2. The monoisotopic (exact) mass is 298 g/mol. The van der Waals surface area contributed by atoms with Crippen molar-refractivity contribution in [2.24, 2.45) is 5.92 Å². The van der Waals surface area contributed by atoms with Gasteiger partial charge in [0.15, 0.2) is 0 Å². The van der Waals surface area contributed by atoms with Crippen LogP contribution in [0.4, 0.5) is 4.79 Å². The molecule has 1 atom stereocenters. The van der Waals surface area contributed by atoms with Crippen molar-refractivity contribution in [2.75, 3.05) is 32.8 Å². The highest BCUT2D eigenvalue weighted by atomic mass is 16.6. The van der Waals surface area contributed by atoms with Crippen molar-refractivity contribution >= 4 is 6.09 Å². The van der Waals surface area contributed by atoms with Crippen LogP contribution in [-0.4, -0.2) is 55.5 Å². The van der Waals surface area contributed by atoms with E-state index in [2.05, 4.69) is 5.32 Å². The molecule has 5 nitrogen and oxygen atoms in total. The summed E-state index contributed by atoms with van der Waals surface area (Å²) >= 11 is 0. The minimum Gasteiger partial charge on any atom is -0.444 e. The molecule has 122 valence electrons. The van der Waals surface area contributed by atoms with Gasteiger partial charge in [0.1, 0.15) is 5.60 Å². The Bertz CT molecular complexity index is 337. The third kappa shape index (κ3) is 6.22. The van der Waals surface area contributed by atoms with Crippen molar-refractivity contribution in [3.8, 4) is 0 Å². The summed E-state index contributed by atoms with van der Waals surface area (Å²) < 4.78 is 11.1. The fourth-order valence-corrected chi connectivity index (χ4v) is 2.56. The molecule has 2 fully saturated rings. The van der Waals surface area contributed by atoms with E-state index >= 15 is 0 Å². The predicted molar refractivity (Wildman–Crippen MR) is 82.4 cm³/mol. The molecule has 0 aromatic rings. The second-order valence-corrected chi connectivity index (χ2v) is 7.19. The normalized spacial score (nSPS) is 22.6. The maximum Gasteiger partial charge on any atom is 0.410 e. The maximum atomic E-state index is 12.1. The molecule has 21 heavy (non-hydrogen) atoms. The van der Waals surface area contributed by atoms with Gasteiger partial charge in [-0.05, 0) is 52.4 Å². The minimum atomic E-state index is -0.422. The number of carbonyl (C=O) groups excluding carboxylic acids is 1. The molecule has 0 bridgehead atoms. The molecule has 1 unspecified atom stereocenters. The molecule has 1 N–H and O–H groups in total. The average molecular weight is 298 g/mol. The van der Waals surface area contributed by atoms with Crippen LogP contribution in [0.3, 0.4) is 0 Å². The van der Waals surface area contributed by atoms with Crippen LogP contribution in [0.1, 0.15) is 46.5 Å². The van der Waals surface area contributed by atoms with Gasteiger partial charge in [0.25, 0.3) is 0 Å². The van der Waals surface area contributed by atoms with E-state index in [4.69, 9.17) is 9.47 Å². The van der Waals surface area contributed by atoms with Crippen molar-refractivity contribution in [3.63, 3.8) is 0 Å². The smallest absolute Gasteiger partial charge is 0.410 e. The number of hydrogen-bond acceptors (Lipinski definition) is 4. The predicted octanol–water partition coefficient (Wildman–Crippen LogP) is 2.40. The van der Waals surface area contributed by atoms with Gasteiger partial charge in [-0.3, -0.25) is 0 Å². The fraction of sp³-hybridized carbons (Fsp3) is 0.938. The summed E-state index contributed by atoms with van der Waals surface area (Å²) in [6, 6.07) is 0.253. The lowest BCUT2D eigenvalue weighted by molar-refractivity contribution is 0.0225. The van der Waals surface area contributed by atoms with E-state index in [0.29, 0.717) is 0 Å². The lowest BCUT2D eigenvalue weighted by Gasteiger charge is -2.28. The quantitative estimate of drug-likeness (QED) is 0.733. The summed E-state index contributed by atoms with van der Waals surface area (Å²) in [6.07, 6.45) is 4.59. The molecule has 5 heteroatoms. The van der Waals surface area contributed by atoms with Gasteiger partial charge in [-0.2, -0.15) is 0 Å². The molecule has 2 rings (SSSR count). The number of carbonyl (C=O) groups is 1. The Morgan fingerprint density at radius 2 is 2.05 bits per heavy atom. The third-order valence-electron chi connectivity index (χ3n) is 3.86. The van der Waals surface area contributed by atoms with Gasteiger partial charge in [-0.15, -0.1) is 0 Å². The standard InChI is InChI=1S/C16H30N2O3/c1-16(2,3)21-15(19)18-9-4-5-14(18)11-17-8-10-20-12-13-6-7-13/h13-14,17H,4-12H2,1-3H3. The van der Waals surface area contributed by atoms with Crippen LogP contribution in [0, 0.1) is 5.92 Å². The Hall–Kier alpha value is -0.810. The zero-order chi connectivity index (χ0) is 15.3. The van der Waals surface area contributed by atoms with Gasteiger partial charge in [-0.1, -0.05) is 0 Å². The largest absolute Gasteiger partial charge is 0.444 e. The summed E-state index contributed by atoms with van der Waals surface area (Å²) in [6.45, 7) is 9.88. The Morgan fingerprint density at radius 3 is 2.71 bits per heavy atom. The molecule has 1 aliphatic heterocycles. The van der Waals surface area contributed by atoms with Gasteiger partial charge in [0.05, 0.1) is 6.61 Å². The summed E-state index contributed by atoms with van der Waals surface area (Å²) in [5.74, 6) is 0.822. The van der Waals surface area contributed by atoms with E-state index in [1.165, 1.54) is 12.8 Å². The number of hydrogen-bond donors (Lipinski definition) is 1. The molecule has 0 aromatic carbocycles. The average Bonchev–Trinajstić information content (AvgIpc) is 3.08. The first-order valence-electron chi connectivity index (χ1n) is 8.24. The molecule has 2 aliphatic rings. The molecule has 0 aromatic heterocycles.